The second kappa shape index (κ2) is 6.02. The molecule has 3 atom stereocenters. The minimum atomic E-state index is -0.933. The van der Waals surface area contributed by atoms with Crippen LogP contribution in [0.5, 0.6) is 0 Å². The van der Waals surface area contributed by atoms with Crippen molar-refractivity contribution in [3.05, 3.63) is 71.8 Å². The van der Waals surface area contributed by atoms with Crippen LogP contribution in [0, 0.1) is 5.92 Å². The summed E-state index contributed by atoms with van der Waals surface area (Å²) in [6.45, 7) is 0. The molecule has 1 aliphatic heterocycles. The molecule has 4 heteroatoms. The Hall–Kier alpha value is -2.62. The van der Waals surface area contributed by atoms with Gasteiger partial charge >= 0.3 is 11.9 Å². The summed E-state index contributed by atoms with van der Waals surface area (Å²) < 4.78 is 10.3. The average Bonchev–Trinajstić information content (AvgIpc) is 2.93. The minimum Gasteiger partial charge on any atom is -0.468 e. The predicted molar refractivity (Wildman–Crippen MR) is 80.0 cm³/mol. The number of ether oxygens (including phenoxy) is 2. The van der Waals surface area contributed by atoms with E-state index in [0.29, 0.717) is 0 Å². The first-order chi connectivity index (χ1) is 10.7. The number of esters is 2. The van der Waals surface area contributed by atoms with Gasteiger partial charge in [0.15, 0.2) is 5.92 Å². The van der Waals surface area contributed by atoms with Gasteiger partial charge in [-0.05, 0) is 11.1 Å². The fraction of sp³-hybridized carbons (Fsp3) is 0.222. The molecule has 112 valence electrons. The summed E-state index contributed by atoms with van der Waals surface area (Å²) >= 11 is 0. The second-order valence-electron chi connectivity index (χ2n) is 5.21. The maximum atomic E-state index is 12.2. The van der Waals surface area contributed by atoms with E-state index in [1.807, 2.05) is 60.7 Å². The van der Waals surface area contributed by atoms with Crippen LogP contribution in [0.3, 0.4) is 0 Å². The number of rotatable bonds is 3. The Morgan fingerprint density at radius 2 is 1.50 bits per heavy atom. The molecule has 0 aromatic heterocycles. The number of hydrogen-bond donors (Lipinski definition) is 0. The summed E-state index contributed by atoms with van der Waals surface area (Å²) in [6, 6.07) is 18.9. The molecule has 0 saturated carbocycles. The largest absolute Gasteiger partial charge is 0.468 e. The van der Waals surface area contributed by atoms with E-state index in [4.69, 9.17) is 9.47 Å². The maximum absolute atomic E-state index is 12.2. The third-order valence-electron chi connectivity index (χ3n) is 3.95. The van der Waals surface area contributed by atoms with Crippen LogP contribution in [0.1, 0.15) is 23.1 Å². The van der Waals surface area contributed by atoms with Crippen molar-refractivity contribution < 1.29 is 19.1 Å². The van der Waals surface area contributed by atoms with E-state index < -0.39 is 24.0 Å². The zero-order valence-corrected chi connectivity index (χ0v) is 12.1. The third kappa shape index (κ3) is 2.48. The van der Waals surface area contributed by atoms with E-state index >= 15 is 0 Å². The van der Waals surface area contributed by atoms with Crippen molar-refractivity contribution in [1.29, 1.82) is 0 Å². The van der Waals surface area contributed by atoms with Gasteiger partial charge in [-0.2, -0.15) is 0 Å². The monoisotopic (exact) mass is 296 g/mol. The normalized spacial score (nSPS) is 23.9. The van der Waals surface area contributed by atoms with E-state index in [1.165, 1.54) is 7.11 Å². The first-order valence-corrected chi connectivity index (χ1v) is 7.10. The van der Waals surface area contributed by atoms with Crippen LogP contribution < -0.4 is 0 Å². The standard InChI is InChI=1S/C18H16O4/c1-21-17(19)15-14(12-8-4-2-5-9-12)16(22-18(15)20)13-10-6-3-7-11-13/h2-11,14-16H,1H3/t14-,15+,16+/m0/s1. The molecule has 1 saturated heterocycles. The average molecular weight is 296 g/mol. The lowest BCUT2D eigenvalue weighted by Crippen LogP contribution is -2.26. The SMILES string of the molecule is COC(=O)[C@@H]1C(=O)O[C@H](c2ccccc2)[C@H]1c1ccccc1. The Morgan fingerprint density at radius 1 is 0.955 bits per heavy atom. The molecule has 1 fully saturated rings. The molecule has 2 aromatic carbocycles. The van der Waals surface area contributed by atoms with Crippen molar-refractivity contribution in [3.63, 3.8) is 0 Å². The molecule has 0 N–H and O–H groups in total. The molecular weight excluding hydrogens is 280 g/mol. The minimum absolute atomic E-state index is 0.386. The van der Waals surface area contributed by atoms with E-state index in [1.54, 1.807) is 0 Å². The summed E-state index contributed by atoms with van der Waals surface area (Å²) in [7, 11) is 1.29. The molecular formula is C18H16O4. The summed E-state index contributed by atoms with van der Waals surface area (Å²) in [5.41, 5.74) is 1.76. The lowest BCUT2D eigenvalue weighted by atomic mass is 9.82. The molecule has 22 heavy (non-hydrogen) atoms. The molecule has 1 aliphatic rings. The van der Waals surface area contributed by atoms with Crippen molar-refractivity contribution in [2.24, 2.45) is 5.92 Å². The Morgan fingerprint density at radius 3 is 2.05 bits per heavy atom. The Labute approximate surface area is 128 Å². The number of hydrogen-bond acceptors (Lipinski definition) is 4. The number of methoxy groups -OCH3 is 1. The second-order valence-corrected chi connectivity index (χ2v) is 5.21. The van der Waals surface area contributed by atoms with Crippen molar-refractivity contribution in [2.45, 2.75) is 12.0 Å². The lowest BCUT2D eigenvalue weighted by molar-refractivity contribution is -0.155. The van der Waals surface area contributed by atoms with Gasteiger partial charge in [0, 0.05) is 5.92 Å². The number of carbonyl (C=O) groups excluding carboxylic acids is 2. The highest BCUT2D eigenvalue weighted by Gasteiger charge is 2.50. The van der Waals surface area contributed by atoms with Gasteiger partial charge in [0.05, 0.1) is 7.11 Å². The van der Waals surface area contributed by atoms with Crippen LogP contribution in [0.2, 0.25) is 0 Å². The van der Waals surface area contributed by atoms with Gasteiger partial charge in [0.2, 0.25) is 0 Å². The maximum Gasteiger partial charge on any atom is 0.321 e. The number of carbonyl (C=O) groups is 2. The van der Waals surface area contributed by atoms with Gasteiger partial charge < -0.3 is 9.47 Å². The van der Waals surface area contributed by atoms with Crippen LogP contribution in [-0.2, 0) is 19.1 Å². The summed E-state index contributed by atoms with van der Waals surface area (Å²) in [6.07, 6.45) is -0.486. The molecule has 0 radical (unpaired) electrons. The zero-order valence-electron chi connectivity index (χ0n) is 12.1. The van der Waals surface area contributed by atoms with Crippen LogP contribution >= 0.6 is 0 Å². The van der Waals surface area contributed by atoms with Gasteiger partial charge in [-0.25, -0.2) is 0 Å². The van der Waals surface area contributed by atoms with Crippen molar-refractivity contribution in [2.75, 3.05) is 7.11 Å². The predicted octanol–water partition coefficient (Wildman–Crippen LogP) is 2.86. The van der Waals surface area contributed by atoms with Gasteiger partial charge in [-0.3, -0.25) is 9.59 Å². The number of benzene rings is 2. The van der Waals surface area contributed by atoms with Crippen molar-refractivity contribution in [1.82, 2.24) is 0 Å². The van der Waals surface area contributed by atoms with Gasteiger partial charge in [-0.15, -0.1) is 0 Å². The summed E-state index contributed by atoms with van der Waals surface area (Å²) in [5, 5.41) is 0. The van der Waals surface area contributed by atoms with Crippen molar-refractivity contribution >= 4 is 11.9 Å². The van der Waals surface area contributed by atoms with E-state index in [9.17, 15) is 9.59 Å². The van der Waals surface area contributed by atoms with Crippen LogP contribution in [0.15, 0.2) is 60.7 Å². The first-order valence-electron chi connectivity index (χ1n) is 7.10. The molecule has 2 aromatic rings. The number of cyclic esters (lactones) is 1. The van der Waals surface area contributed by atoms with Crippen LogP contribution in [0.4, 0.5) is 0 Å². The fourth-order valence-electron chi connectivity index (χ4n) is 2.92. The molecule has 0 spiro atoms. The molecule has 0 amide bonds. The summed E-state index contributed by atoms with van der Waals surface area (Å²) in [5.74, 6) is -2.41. The molecule has 3 rings (SSSR count). The van der Waals surface area contributed by atoms with Crippen molar-refractivity contribution in [3.8, 4) is 0 Å². The van der Waals surface area contributed by atoms with Gasteiger partial charge in [0.25, 0.3) is 0 Å². The van der Waals surface area contributed by atoms with Gasteiger partial charge in [0.1, 0.15) is 6.10 Å². The highest BCUT2D eigenvalue weighted by molar-refractivity contribution is 5.97. The molecule has 0 bridgehead atoms. The molecule has 4 nitrogen and oxygen atoms in total. The summed E-state index contributed by atoms with van der Waals surface area (Å²) in [4.78, 5) is 24.3. The van der Waals surface area contributed by atoms with Crippen LogP contribution in [0.25, 0.3) is 0 Å². The molecule has 0 unspecified atom stereocenters. The van der Waals surface area contributed by atoms with Crippen LogP contribution in [-0.4, -0.2) is 19.0 Å². The molecule has 1 heterocycles. The fourth-order valence-corrected chi connectivity index (χ4v) is 2.92. The lowest BCUT2D eigenvalue weighted by Gasteiger charge is -2.20. The Balaban J connectivity index is 2.06. The van der Waals surface area contributed by atoms with E-state index in [-0.39, 0.29) is 5.92 Å². The van der Waals surface area contributed by atoms with E-state index in [0.717, 1.165) is 11.1 Å². The Kier molecular flexibility index (Phi) is 3.92. The smallest absolute Gasteiger partial charge is 0.321 e. The van der Waals surface area contributed by atoms with E-state index in [2.05, 4.69) is 0 Å². The Bertz CT molecular complexity index is 666. The quantitative estimate of drug-likeness (QED) is 0.645. The highest BCUT2D eigenvalue weighted by Crippen LogP contribution is 2.46. The topological polar surface area (TPSA) is 52.6 Å². The third-order valence-corrected chi connectivity index (χ3v) is 3.95. The van der Waals surface area contributed by atoms with Gasteiger partial charge in [-0.1, -0.05) is 60.7 Å². The highest BCUT2D eigenvalue weighted by atomic mass is 16.6. The first kappa shape index (κ1) is 14.3. The molecule has 0 aliphatic carbocycles. The zero-order chi connectivity index (χ0) is 15.5.